The van der Waals surface area contributed by atoms with E-state index in [4.69, 9.17) is 10.3 Å². The van der Waals surface area contributed by atoms with Crippen molar-refractivity contribution < 1.29 is 24.7 Å². The first-order valence-electron chi connectivity index (χ1n) is 12.0. The standard InChI is InChI=1S/C10H11N3O.C9H8N2O2.C8H7N3O2/c1-7(14)11-10-12-8-5-3-4-6-9(8)13(10)2;12-9(13)5-8-10-6-3-1-2-4-7(6)11-8;12-8(11-13)7-9-5-3-1-2-4-6(5)10-7/h3-6H,1-2H3,(H,11,12,14);1-4H,5H2,(H,10,11)(H,12,13);1-4,13H,(H,9,10)(H,11,12). The fourth-order valence-corrected chi connectivity index (χ4v) is 3.76. The summed E-state index contributed by atoms with van der Waals surface area (Å²) in [5.74, 6) is -0.449. The summed E-state index contributed by atoms with van der Waals surface area (Å²) < 4.78 is 1.86. The Hall–Kier alpha value is -5.56. The molecule has 0 radical (unpaired) electrons. The van der Waals surface area contributed by atoms with Crippen molar-refractivity contribution in [1.82, 2.24) is 35.0 Å². The highest BCUT2D eigenvalue weighted by Gasteiger charge is 2.09. The Labute approximate surface area is 226 Å². The normalized spacial score (nSPS) is 10.4. The summed E-state index contributed by atoms with van der Waals surface area (Å²) in [5, 5.41) is 19.6. The topological polar surface area (TPSA) is 191 Å². The lowest BCUT2D eigenvalue weighted by molar-refractivity contribution is -0.136. The van der Waals surface area contributed by atoms with Gasteiger partial charge in [0.05, 0.1) is 33.1 Å². The fourth-order valence-electron chi connectivity index (χ4n) is 3.76. The Morgan fingerprint density at radius 1 is 0.825 bits per heavy atom. The Morgan fingerprint density at radius 2 is 1.40 bits per heavy atom. The number of carbonyl (C=O) groups excluding carboxylic acids is 2. The number of carboxylic acid groups (broad SMARTS) is 1. The zero-order valence-electron chi connectivity index (χ0n) is 21.5. The molecular weight excluding hydrogens is 516 g/mol. The average Bonchev–Trinajstić information content (AvgIpc) is 3.63. The van der Waals surface area contributed by atoms with E-state index in [0.29, 0.717) is 17.3 Å². The van der Waals surface area contributed by atoms with E-state index >= 15 is 0 Å². The molecule has 0 aliphatic rings. The summed E-state index contributed by atoms with van der Waals surface area (Å²) >= 11 is 0. The molecule has 13 nitrogen and oxygen atoms in total. The molecule has 0 aliphatic heterocycles. The number of aromatic nitrogens is 6. The Kier molecular flexibility index (Phi) is 8.46. The van der Waals surface area contributed by atoms with Crippen molar-refractivity contribution in [3.63, 3.8) is 0 Å². The van der Waals surface area contributed by atoms with E-state index in [-0.39, 0.29) is 18.2 Å². The number of hydrogen-bond acceptors (Lipinski definition) is 7. The third-order valence-corrected chi connectivity index (χ3v) is 5.54. The molecule has 3 aromatic carbocycles. The number of nitrogens with one attached hydrogen (secondary N) is 4. The van der Waals surface area contributed by atoms with Gasteiger partial charge in [0.2, 0.25) is 11.9 Å². The third kappa shape index (κ3) is 6.65. The van der Waals surface area contributed by atoms with Gasteiger partial charge in [-0.15, -0.1) is 0 Å². The highest BCUT2D eigenvalue weighted by molar-refractivity contribution is 5.93. The van der Waals surface area contributed by atoms with Gasteiger partial charge in [-0.25, -0.2) is 20.4 Å². The smallest absolute Gasteiger partial charge is 0.311 e. The maximum Gasteiger partial charge on any atom is 0.311 e. The molecule has 0 fully saturated rings. The van der Waals surface area contributed by atoms with E-state index < -0.39 is 11.9 Å². The predicted octanol–water partition coefficient (Wildman–Crippen LogP) is 3.40. The molecule has 204 valence electrons. The highest BCUT2D eigenvalue weighted by atomic mass is 16.5. The first-order valence-corrected chi connectivity index (χ1v) is 12.0. The molecule has 0 aliphatic carbocycles. The lowest BCUT2D eigenvalue weighted by Crippen LogP contribution is -2.19. The van der Waals surface area contributed by atoms with Crippen LogP contribution in [0.5, 0.6) is 0 Å². The van der Waals surface area contributed by atoms with Crippen LogP contribution in [-0.4, -0.2) is 57.6 Å². The number of aryl methyl sites for hydroxylation is 1. The minimum atomic E-state index is -0.876. The molecule has 3 aromatic heterocycles. The van der Waals surface area contributed by atoms with Crippen molar-refractivity contribution in [2.24, 2.45) is 7.05 Å². The second-order valence-corrected chi connectivity index (χ2v) is 8.48. The van der Waals surface area contributed by atoms with Gasteiger partial charge in [0.15, 0.2) is 5.82 Å². The van der Waals surface area contributed by atoms with Gasteiger partial charge in [-0.05, 0) is 36.4 Å². The number of benzene rings is 3. The molecule has 0 saturated carbocycles. The zero-order valence-corrected chi connectivity index (χ0v) is 21.5. The van der Waals surface area contributed by atoms with E-state index in [1.807, 2.05) is 72.3 Å². The fraction of sp³-hybridized carbons (Fsp3) is 0.111. The van der Waals surface area contributed by atoms with Gasteiger partial charge in [0, 0.05) is 14.0 Å². The van der Waals surface area contributed by atoms with E-state index in [1.54, 1.807) is 12.1 Å². The molecular formula is C27H26N8O5. The van der Waals surface area contributed by atoms with Crippen LogP contribution in [0.3, 0.4) is 0 Å². The second kappa shape index (κ2) is 12.3. The van der Waals surface area contributed by atoms with Gasteiger partial charge < -0.3 is 19.6 Å². The van der Waals surface area contributed by atoms with Crippen LogP contribution in [0.2, 0.25) is 0 Å². The van der Waals surface area contributed by atoms with Crippen LogP contribution in [0.25, 0.3) is 33.1 Å². The van der Waals surface area contributed by atoms with Crippen molar-refractivity contribution in [3.05, 3.63) is 84.4 Å². The third-order valence-electron chi connectivity index (χ3n) is 5.54. The van der Waals surface area contributed by atoms with Crippen LogP contribution in [-0.2, 0) is 23.1 Å². The quantitative estimate of drug-likeness (QED) is 0.144. The Morgan fingerprint density at radius 3 is 1.95 bits per heavy atom. The van der Waals surface area contributed by atoms with Crippen LogP contribution in [0.4, 0.5) is 5.95 Å². The van der Waals surface area contributed by atoms with Crippen LogP contribution >= 0.6 is 0 Å². The second-order valence-electron chi connectivity index (χ2n) is 8.48. The molecule has 3 heterocycles. The molecule has 0 saturated heterocycles. The maximum atomic E-state index is 10.9. The number of amides is 2. The highest BCUT2D eigenvalue weighted by Crippen LogP contribution is 2.17. The number of para-hydroxylation sites is 6. The molecule has 6 rings (SSSR count). The summed E-state index contributed by atoms with van der Waals surface area (Å²) in [6.45, 7) is 1.47. The zero-order chi connectivity index (χ0) is 28.6. The van der Waals surface area contributed by atoms with Crippen molar-refractivity contribution in [3.8, 4) is 0 Å². The molecule has 6 aromatic rings. The van der Waals surface area contributed by atoms with Gasteiger partial charge in [-0.1, -0.05) is 36.4 Å². The first-order chi connectivity index (χ1) is 19.2. The number of hydrogen-bond donors (Lipinski definition) is 6. The number of nitrogens with zero attached hydrogens (tertiary/aromatic N) is 4. The molecule has 40 heavy (non-hydrogen) atoms. The van der Waals surface area contributed by atoms with Crippen molar-refractivity contribution in [1.29, 1.82) is 0 Å². The van der Waals surface area contributed by atoms with E-state index in [9.17, 15) is 14.4 Å². The number of carbonyl (C=O) groups is 3. The number of hydroxylamine groups is 1. The van der Waals surface area contributed by atoms with Gasteiger partial charge in [-0.2, -0.15) is 0 Å². The molecule has 0 spiro atoms. The van der Waals surface area contributed by atoms with Crippen molar-refractivity contribution in [2.45, 2.75) is 13.3 Å². The number of aromatic amines is 2. The molecule has 6 N–H and O–H groups in total. The van der Waals surface area contributed by atoms with Crippen LogP contribution in [0, 0.1) is 0 Å². The minimum absolute atomic E-state index is 0.0608. The predicted molar refractivity (Wildman–Crippen MR) is 148 cm³/mol. The average molecular weight is 543 g/mol. The summed E-state index contributed by atoms with van der Waals surface area (Å²) in [7, 11) is 1.88. The minimum Gasteiger partial charge on any atom is -0.481 e. The summed E-state index contributed by atoms with van der Waals surface area (Å²) in [4.78, 5) is 50.2. The lowest BCUT2D eigenvalue weighted by Gasteiger charge is -2.00. The summed E-state index contributed by atoms with van der Waals surface area (Å²) in [6, 6.07) is 22.5. The van der Waals surface area contributed by atoms with Gasteiger partial charge in [0.1, 0.15) is 12.2 Å². The lowest BCUT2D eigenvalue weighted by atomic mass is 10.3. The molecule has 0 bridgehead atoms. The summed E-state index contributed by atoms with van der Waals surface area (Å²) in [6.07, 6.45) is -0.0608. The summed E-state index contributed by atoms with van der Waals surface area (Å²) in [5.41, 5.74) is 6.55. The monoisotopic (exact) mass is 542 g/mol. The number of H-pyrrole nitrogens is 2. The Bertz CT molecular complexity index is 1740. The number of rotatable bonds is 4. The number of anilines is 1. The number of fused-ring (bicyclic) bond motifs is 3. The van der Waals surface area contributed by atoms with Gasteiger partial charge in [0.25, 0.3) is 0 Å². The van der Waals surface area contributed by atoms with Crippen molar-refractivity contribution >= 4 is 56.8 Å². The maximum absolute atomic E-state index is 10.9. The van der Waals surface area contributed by atoms with Crippen molar-refractivity contribution in [2.75, 3.05) is 5.32 Å². The van der Waals surface area contributed by atoms with E-state index in [0.717, 1.165) is 27.6 Å². The largest absolute Gasteiger partial charge is 0.481 e. The van der Waals surface area contributed by atoms with Gasteiger partial charge >= 0.3 is 11.9 Å². The number of aliphatic carboxylic acids is 1. The van der Waals surface area contributed by atoms with E-state index in [2.05, 4.69) is 30.2 Å². The van der Waals surface area contributed by atoms with Crippen LogP contribution in [0.1, 0.15) is 23.4 Å². The number of imidazole rings is 3. The molecule has 13 heteroatoms. The van der Waals surface area contributed by atoms with Crippen LogP contribution in [0.15, 0.2) is 72.8 Å². The molecule has 2 amide bonds. The SMILES string of the molecule is CC(=O)Nc1nc2ccccc2n1C.O=C(NO)c1nc2ccccc2[nH]1.O=C(O)Cc1nc2ccccc2[nH]1. The number of carboxylic acids is 1. The van der Waals surface area contributed by atoms with E-state index in [1.165, 1.54) is 12.4 Å². The van der Waals surface area contributed by atoms with Gasteiger partial charge in [-0.3, -0.25) is 24.9 Å². The molecule has 0 unspecified atom stereocenters. The van der Waals surface area contributed by atoms with Crippen LogP contribution < -0.4 is 10.8 Å². The first kappa shape index (κ1) is 27.5. The molecule has 0 atom stereocenters. The Balaban J connectivity index is 0.000000139.